The van der Waals surface area contributed by atoms with Crippen LogP contribution in [0.4, 0.5) is 4.79 Å². The standard InChI is InChI=1S/C17H14Cl3NO4/c1-24-17(23)21-14(7-10-5-3-2-4-6-10)16(22)25-15-9-12(19)11(18)8-13(15)20/h2-6,8-9,14H,7H2,1H3,(H,21,23)/t14-/m1/s1. The first-order valence-electron chi connectivity index (χ1n) is 7.15. The second-order valence-electron chi connectivity index (χ2n) is 5.00. The second-order valence-corrected chi connectivity index (χ2v) is 6.22. The molecule has 0 fully saturated rings. The van der Waals surface area contributed by atoms with Crippen LogP contribution in [0.3, 0.4) is 0 Å². The van der Waals surface area contributed by atoms with Crippen LogP contribution in [0.25, 0.3) is 0 Å². The molecular weight excluding hydrogens is 389 g/mol. The molecule has 2 aromatic carbocycles. The maximum atomic E-state index is 12.5. The van der Waals surface area contributed by atoms with Gasteiger partial charge in [-0.3, -0.25) is 0 Å². The van der Waals surface area contributed by atoms with Gasteiger partial charge in [-0.25, -0.2) is 9.59 Å². The molecule has 0 spiro atoms. The van der Waals surface area contributed by atoms with Crippen molar-refractivity contribution in [2.24, 2.45) is 0 Å². The molecule has 0 radical (unpaired) electrons. The lowest BCUT2D eigenvalue weighted by molar-refractivity contribution is -0.136. The summed E-state index contributed by atoms with van der Waals surface area (Å²) in [6.07, 6.45) is -0.536. The summed E-state index contributed by atoms with van der Waals surface area (Å²) < 4.78 is 9.83. The van der Waals surface area contributed by atoms with Gasteiger partial charge >= 0.3 is 12.1 Å². The van der Waals surface area contributed by atoms with Crippen LogP contribution in [0.5, 0.6) is 5.75 Å². The zero-order valence-corrected chi connectivity index (χ0v) is 15.4. The van der Waals surface area contributed by atoms with E-state index in [0.29, 0.717) is 0 Å². The zero-order chi connectivity index (χ0) is 18.4. The number of ether oxygens (including phenoxy) is 2. The summed E-state index contributed by atoms with van der Waals surface area (Å²) in [5, 5.41) is 2.99. The van der Waals surface area contributed by atoms with Crippen LogP contribution in [0.1, 0.15) is 5.56 Å². The highest BCUT2D eigenvalue weighted by molar-refractivity contribution is 6.43. The van der Waals surface area contributed by atoms with Crippen LogP contribution < -0.4 is 10.1 Å². The summed E-state index contributed by atoms with van der Waals surface area (Å²) in [6.45, 7) is 0. The van der Waals surface area contributed by atoms with Crippen LogP contribution in [0.2, 0.25) is 15.1 Å². The molecule has 0 saturated carbocycles. The Morgan fingerprint density at radius 2 is 1.68 bits per heavy atom. The van der Waals surface area contributed by atoms with E-state index in [2.05, 4.69) is 10.1 Å². The molecule has 1 amide bonds. The minimum atomic E-state index is -0.972. The van der Waals surface area contributed by atoms with Gasteiger partial charge in [0.1, 0.15) is 6.04 Å². The molecule has 0 aliphatic carbocycles. The number of methoxy groups -OCH3 is 1. The Hall–Kier alpha value is -1.95. The van der Waals surface area contributed by atoms with E-state index >= 15 is 0 Å². The fraction of sp³-hybridized carbons (Fsp3) is 0.176. The SMILES string of the molecule is COC(=O)N[C@H](Cc1ccccc1)C(=O)Oc1cc(Cl)c(Cl)cc1Cl. The third kappa shape index (κ3) is 5.53. The van der Waals surface area contributed by atoms with E-state index < -0.39 is 18.1 Å². The van der Waals surface area contributed by atoms with Gasteiger partial charge in [-0.1, -0.05) is 65.1 Å². The van der Waals surface area contributed by atoms with Crippen LogP contribution in [0, 0.1) is 0 Å². The molecule has 0 bridgehead atoms. The van der Waals surface area contributed by atoms with Gasteiger partial charge in [-0.15, -0.1) is 0 Å². The van der Waals surface area contributed by atoms with Crippen molar-refractivity contribution >= 4 is 46.9 Å². The monoisotopic (exact) mass is 401 g/mol. The molecule has 0 aliphatic rings. The van der Waals surface area contributed by atoms with E-state index in [4.69, 9.17) is 39.5 Å². The third-order valence-electron chi connectivity index (χ3n) is 3.23. The molecule has 2 aromatic rings. The molecule has 132 valence electrons. The van der Waals surface area contributed by atoms with E-state index in [1.165, 1.54) is 19.2 Å². The lowest BCUT2D eigenvalue weighted by atomic mass is 10.1. The summed E-state index contributed by atoms with van der Waals surface area (Å²) in [4.78, 5) is 24.0. The number of carbonyl (C=O) groups excluding carboxylic acids is 2. The molecule has 0 saturated heterocycles. The summed E-state index contributed by atoms with van der Waals surface area (Å²) in [5.74, 6) is -0.666. The lowest BCUT2D eigenvalue weighted by Crippen LogP contribution is -2.44. The maximum Gasteiger partial charge on any atom is 0.407 e. The highest BCUT2D eigenvalue weighted by Crippen LogP contribution is 2.34. The third-order valence-corrected chi connectivity index (χ3v) is 4.25. The molecule has 5 nitrogen and oxygen atoms in total. The number of halogens is 3. The first kappa shape index (κ1) is 19.4. The molecule has 0 heterocycles. The molecule has 8 heteroatoms. The quantitative estimate of drug-likeness (QED) is 0.454. The second kappa shape index (κ2) is 8.94. The van der Waals surface area contributed by atoms with E-state index in [1.807, 2.05) is 30.3 Å². The Morgan fingerprint density at radius 1 is 1.04 bits per heavy atom. The predicted molar refractivity (Wildman–Crippen MR) is 96.6 cm³/mol. The summed E-state index contributed by atoms with van der Waals surface area (Å²) >= 11 is 17.8. The van der Waals surface area contributed by atoms with Gasteiger partial charge < -0.3 is 14.8 Å². The number of esters is 1. The molecule has 1 N–H and O–H groups in total. The largest absolute Gasteiger partial charge is 0.453 e. The number of alkyl carbamates (subject to hydrolysis) is 1. The number of benzene rings is 2. The fourth-order valence-electron chi connectivity index (χ4n) is 2.01. The normalized spacial score (nSPS) is 11.5. The molecule has 1 atom stereocenters. The first-order valence-corrected chi connectivity index (χ1v) is 8.28. The van der Waals surface area contributed by atoms with E-state index in [0.717, 1.165) is 5.56 Å². The van der Waals surface area contributed by atoms with Crippen molar-refractivity contribution in [1.82, 2.24) is 5.32 Å². The zero-order valence-electron chi connectivity index (χ0n) is 13.1. The number of hydrogen-bond donors (Lipinski definition) is 1. The van der Waals surface area contributed by atoms with Gasteiger partial charge in [-0.05, 0) is 11.6 Å². The van der Waals surface area contributed by atoms with Gasteiger partial charge in [0, 0.05) is 12.5 Å². The summed E-state index contributed by atoms with van der Waals surface area (Å²) in [5.41, 5.74) is 0.834. The van der Waals surface area contributed by atoms with Crippen molar-refractivity contribution in [3.05, 3.63) is 63.1 Å². The minimum absolute atomic E-state index is 0.0470. The molecular formula is C17H14Cl3NO4. The van der Waals surface area contributed by atoms with E-state index in [-0.39, 0.29) is 27.2 Å². The summed E-state index contributed by atoms with van der Waals surface area (Å²) in [6, 6.07) is 10.9. The Kier molecular flexibility index (Phi) is 6.93. The molecule has 0 unspecified atom stereocenters. The molecule has 0 aliphatic heterocycles. The van der Waals surface area contributed by atoms with Crippen molar-refractivity contribution in [3.63, 3.8) is 0 Å². The number of hydrogen-bond acceptors (Lipinski definition) is 4. The summed E-state index contributed by atoms with van der Waals surface area (Å²) in [7, 11) is 1.20. The lowest BCUT2D eigenvalue weighted by Gasteiger charge is -2.17. The molecule has 2 rings (SSSR count). The van der Waals surface area contributed by atoms with Crippen molar-refractivity contribution in [1.29, 1.82) is 0 Å². The Labute approximate surface area is 159 Å². The van der Waals surface area contributed by atoms with Crippen molar-refractivity contribution in [3.8, 4) is 5.75 Å². The van der Waals surface area contributed by atoms with Crippen molar-refractivity contribution < 1.29 is 19.1 Å². The Bertz CT molecular complexity index is 768. The van der Waals surface area contributed by atoms with Crippen LogP contribution in [-0.2, 0) is 16.0 Å². The molecule has 25 heavy (non-hydrogen) atoms. The van der Waals surface area contributed by atoms with Crippen LogP contribution in [-0.4, -0.2) is 25.2 Å². The smallest absolute Gasteiger partial charge is 0.407 e. The maximum absolute atomic E-state index is 12.5. The predicted octanol–water partition coefficient (Wildman–Crippen LogP) is 4.52. The van der Waals surface area contributed by atoms with Gasteiger partial charge in [0.2, 0.25) is 0 Å². The van der Waals surface area contributed by atoms with Crippen LogP contribution >= 0.6 is 34.8 Å². The fourth-order valence-corrected chi connectivity index (χ4v) is 2.58. The van der Waals surface area contributed by atoms with Crippen molar-refractivity contribution in [2.75, 3.05) is 7.11 Å². The van der Waals surface area contributed by atoms with Crippen molar-refractivity contribution in [2.45, 2.75) is 12.5 Å². The number of amides is 1. The van der Waals surface area contributed by atoms with Gasteiger partial charge in [0.25, 0.3) is 0 Å². The number of rotatable bonds is 5. The average molecular weight is 403 g/mol. The topological polar surface area (TPSA) is 64.6 Å². The minimum Gasteiger partial charge on any atom is -0.453 e. The van der Waals surface area contributed by atoms with E-state index in [9.17, 15) is 9.59 Å². The van der Waals surface area contributed by atoms with Crippen LogP contribution in [0.15, 0.2) is 42.5 Å². The first-order chi connectivity index (χ1) is 11.9. The highest BCUT2D eigenvalue weighted by atomic mass is 35.5. The average Bonchev–Trinajstić information content (AvgIpc) is 2.59. The van der Waals surface area contributed by atoms with Gasteiger partial charge in [0.05, 0.1) is 22.2 Å². The van der Waals surface area contributed by atoms with Gasteiger partial charge in [-0.2, -0.15) is 0 Å². The number of carbonyl (C=O) groups is 2. The van der Waals surface area contributed by atoms with Gasteiger partial charge in [0.15, 0.2) is 5.75 Å². The Balaban J connectivity index is 2.19. The highest BCUT2D eigenvalue weighted by Gasteiger charge is 2.25. The molecule has 0 aromatic heterocycles. The number of nitrogens with one attached hydrogen (secondary N) is 1. The van der Waals surface area contributed by atoms with E-state index in [1.54, 1.807) is 0 Å². The Morgan fingerprint density at radius 3 is 2.32 bits per heavy atom.